The number of benzene rings is 3. The number of rotatable bonds is 11. The standard InChI is InChI=1S/C39H49N3O4S/c1-38(2,3)40-37(44)35(22-28-11-7-5-8-12-28)41(26-29-13-9-6-10-14-29)36(43)27-42(47(4,45)46)34-17-15-33(16-18-34)39-23-30-19-31(24-39)21-32(20-30)25-39/h5-18,30-32,35H,19-27H2,1-4H3,(H,40,44)/t30?,31?,32?,35-,39?/m0/s1. The Labute approximate surface area is 280 Å². The Morgan fingerprint density at radius 2 is 1.32 bits per heavy atom. The molecule has 7 nitrogen and oxygen atoms in total. The largest absolute Gasteiger partial charge is 0.350 e. The molecule has 0 heterocycles. The van der Waals surface area contributed by atoms with Crippen LogP contribution in [0.15, 0.2) is 84.9 Å². The Balaban J connectivity index is 1.30. The fourth-order valence-corrected chi connectivity index (χ4v) is 9.70. The minimum atomic E-state index is -3.83. The molecule has 4 aliphatic carbocycles. The Morgan fingerprint density at radius 3 is 1.81 bits per heavy atom. The summed E-state index contributed by atoms with van der Waals surface area (Å²) in [6, 6.07) is 26.2. The van der Waals surface area contributed by atoms with Crippen molar-refractivity contribution in [1.82, 2.24) is 10.2 Å². The van der Waals surface area contributed by atoms with E-state index in [9.17, 15) is 18.0 Å². The number of carbonyl (C=O) groups excluding carboxylic acids is 2. The van der Waals surface area contributed by atoms with Gasteiger partial charge in [0.25, 0.3) is 0 Å². The van der Waals surface area contributed by atoms with E-state index in [1.807, 2.05) is 93.6 Å². The smallest absolute Gasteiger partial charge is 0.244 e. The number of anilines is 1. The fraction of sp³-hybridized carbons (Fsp3) is 0.487. The molecule has 1 N–H and O–H groups in total. The lowest BCUT2D eigenvalue weighted by Gasteiger charge is -2.57. The van der Waals surface area contributed by atoms with Crippen LogP contribution in [0.5, 0.6) is 0 Å². The van der Waals surface area contributed by atoms with Gasteiger partial charge < -0.3 is 10.2 Å². The molecule has 0 saturated heterocycles. The Hall–Kier alpha value is -3.65. The third-order valence-corrected chi connectivity index (χ3v) is 11.6. The van der Waals surface area contributed by atoms with Crippen LogP contribution in [-0.4, -0.2) is 49.5 Å². The second-order valence-corrected chi connectivity index (χ2v) is 17.4. The van der Waals surface area contributed by atoms with Gasteiger partial charge in [0.2, 0.25) is 21.8 Å². The maximum absolute atomic E-state index is 14.4. The summed E-state index contributed by atoms with van der Waals surface area (Å²) in [4.78, 5) is 29.9. The first-order valence-corrected chi connectivity index (χ1v) is 18.9. The molecule has 4 saturated carbocycles. The van der Waals surface area contributed by atoms with Crippen molar-refractivity contribution >= 4 is 27.5 Å². The molecule has 4 aliphatic rings. The van der Waals surface area contributed by atoms with Crippen LogP contribution >= 0.6 is 0 Å². The third kappa shape index (κ3) is 7.75. The van der Waals surface area contributed by atoms with Crippen LogP contribution in [0.1, 0.15) is 76.0 Å². The zero-order chi connectivity index (χ0) is 33.4. The van der Waals surface area contributed by atoms with E-state index in [1.165, 1.54) is 48.4 Å². The van der Waals surface area contributed by atoms with Crippen LogP contribution in [0.25, 0.3) is 0 Å². The molecule has 3 aromatic rings. The molecule has 0 aromatic heterocycles. The molecule has 0 aliphatic heterocycles. The summed E-state index contributed by atoms with van der Waals surface area (Å²) in [5.74, 6) is 1.70. The van der Waals surface area contributed by atoms with Gasteiger partial charge in [-0.1, -0.05) is 72.8 Å². The summed E-state index contributed by atoms with van der Waals surface area (Å²) in [6.45, 7) is 5.48. The van der Waals surface area contributed by atoms with E-state index in [0.29, 0.717) is 12.1 Å². The predicted molar refractivity (Wildman–Crippen MR) is 187 cm³/mol. The Bertz CT molecular complexity index is 1630. The van der Waals surface area contributed by atoms with Gasteiger partial charge in [-0.15, -0.1) is 0 Å². The van der Waals surface area contributed by atoms with Crippen molar-refractivity contribution in [2.45, 2.75) is 89.3 Å². The summed E-state index contributed by atoms with van der Waals surface area (Å²) < 4.78 is 27.8. The molecule has 1 atom stereocenters. The van der Waals surface area contributed by atoms with E-state index >= 15 is 0 Å². The summed E-state index contributed by atoms with van der Waals surface area (Å²) in [6.07, 6.45) is 9.18. The SMILES string of the molecule is CC(C)(C)NC(=O)[C@H](Cc1ccccc1)N(Cc1ccccc1)C(=O)CN(c1ccc(C23CC4CC(CC(C4)C2)C3)cc1)S(C)(=O)=O. The van der Waals surface area contributed by atoms with Gasteiger partial charge in [-0.25, -0.2) is 8.42 Å². The molecule has 47 heavy (non-hydrogen) atoms. The number of sulfonamides is 1. The van der Waals surface area contributed by atoms with Crippen LogP contribution < -0.4 is 9.62 Å². The van der Waals surface area contributed by atoms with Crippen molar-refractivity contribution in [3.05, 3.63) is 102 Å². The molecule has 250 valence electrons. The molecule has 0 unspecified atom stereocenters. The zero-order valence-corrected chi connectivity index (χ0v) is 29.0. The topological polar surface area (TPSA) is 86.8 Å². The van der Waals surface area contributed by atoms with Crippen LogP contribution in [0, 0.1) is 17.8 Å². The normalized spacial score (nSPS) is 24.0. The molecule has 3 aromatic carbocycles. The number of hydrogen-bond acceptors (Lipinski definition) is 4. The van der Waals surface area contributed by atoms with E-state index in [-0.39, 0.29) is 17.9 Å². The second kappa shape index (κ2) is 13.1. The monoisotopic (exact) mass is 655 g/mol. The number of nitrogens with one attached hydrogen (secondary N) is 1. The average molecular weight is 656 g/mol. The van der Waals surface area contributed by atoms with Crippen LogP contribution in [-0.2, 0) is 38.0 Å². The van der Waals surface area contributed by atoms with E-state index in [0.717, 1.165) is 35.1 Å². The second-order valence-electron chi connectivity index (χ2n) is 15.5. The van der Waals surface area contributed by atoms with Gasteiger partial charge in [-0.2, -0.15) is 0 Å². The van der Waals surface area contributed by atoms with E-state index < -0.39 is 34.1 Å². The van der Waals surface area contributed by atoms with E-state index in [1.54, 1.807) is 4.90 Å². The van der Waals surface area contributed by atoms with Crippen molar-refractivity contribution in [2.75, 3.05) is 17.1 Å². The quantitative estimate of drug-likeness (QED) is 0.257. The average Bonchev–Trinajstić information content (AvgIpc) is 3.00. The Morgan fingerprint density at radius 1 is 0.809 bits per heavy atom. The molecule has 0 spiro atoms. The fourth-order valence-electron chi connectivity index (χ4n) is 8.85. The molecular formula is C39H49N3O4S. The maximum atomic E-state index is 14.4. The lowest BCUT2D eigenvalue weighted by molar-refractivity contribution is -0.140. The highest BCUT2D eigenvalue weighted by Gasteiger charge is 2.51. The molecule has 4 bridgehead atoms. The first-order valence-electron chi connectivity index (χ1n) is 17.1. The minimum Gasteiger partial charge on any atom is -0.350 e. The van der Waals surface area contributed by atoms with Crippen LogP contribution in [0.2, 0.25) is 0 Å². The van der Waals surface area contributed by atoms with Gasteiger partial charge in [0.05, 0.1) is 11.9 Å². The molecule has 8 heteroatoms. The number of carbonyl (C=O) groups is 2. The molecule has 7 rings (SSSR count). The molecule has 2 amide bonds. The lowest BCUT2D eigenvalue weighted by atomic mass is 9.48. The highest BCUT2D eigenvalue weighted by Crippen LogP contribution is 2.60. The summed E-state index contributed by atoms with van der Waals surface area (Å²) in [7, 11) is -3.83. The van der Waals surface area contributed by atoms with Crippen molar-refractivity contribution in [3.8, 4) is 0 Å². The van der Waals surface area contributed by atoms with Crippen LogP contribution in [0.3, 0.4) is 0 Å². The van der Waals surface area contributed by atoms with Gasteiger partial charge in [-0.05, 0) is 111 Å². The van der Waals surface area contributed by atoms with Gasteiger partial charge in [-0.3, -0.25) is 13.9 Å². The van der Waals surface area contributed by atoms with Crippen molar-refractivity contribution < 1.29 is 18.0 Å². The van der Waals surface area contributed by atoms with E-state index in [2.05, 4.69) is 17.4 Å². The highest BCUT2D eigenvalue weighted by molar-refractivity contribution is 7.92. The number of amides is 2. The first kappa shape index (κ1) is 33.3. The highest BCUT2D eigenvalue weighted by atomic mass is 32.2. The number of nitrogens with zero attached hydrogens (tertiary/aromatic N) is 2. The lowest BCUT2D eigenvalue weighted by Crippen LogP contribution is -2.56. The maximum Gasteiger partial charge on any atom is 0.244 e. The van der Waals surface area contributed by atoms with Crippen molar-refractivity contribution in [1.29, 1.82) is 0 Å². The van der Waals surface area contributed by atoms with Gasteiger partial charge in [0.1, 0.15) is 12.6 Å². The summed E-state index contributed by atoms with van der Waals surface area (Å²) >= 11 is 0. The summed E-state index contributed by atoms with van der Waals surface area (Å²) in [5.41, 5.74) is 3.20. The van der Waals surface area contributed by atoms with Gasteiger partial charge in [0, 0.05) is 18.5 Å². The molecule has 4 fully saturated rings. The zero-order valence-electron chi connectivity index (χ0n) is 28.2. The van der Waals surface area contributed by atoms with Gasteiger partial charge >= 0.3 is 0 Å². The summed E-state index contributed by atoms with van der Waals surface area (Å²) in [5, 5.41) is 3.07. The van der Waals surface area contributed by atoms with Crippen LogP contribution in [0.4, 0.5) is 5.69 Å². The van der Waals surface area contributed by atoms with Crippen molar-refractivity contribution in [3.63, 3.8) is 0 Å². The Kier molecular flexibility index (Phi) is 9.27. The van der Waals surface area contributed by atoms with Gasteiger partial charge in [0.15, 0.2) is 0 Å². The minimum absolute atomic E-state index is 0.164. The third-order valence-electron chi connectivity index (χ3n) is 10.5. The van der Waals surface area contributed by atoms with E-state index in [4.69, 9.17) is 0 Å². The molecule has 0 radical (unpaired) electrons. The molecular weight excluding hydrogens is 607 g/mol. The predicted octanol–water partition coefficient (Wildman–Crippen LogP) is 6.48. The first-order chi connectivity index (χ1) is 22.3. The number of hydrogen-bond donors (Lipinski definition) is 1. The van der Waals surface area contributed by atoms with Crippen molar-refractivity contribution in [2.24, 2.45) is 17.8 Å².